The molecule has 0 aliphatic carbocycles. The van der Waals surface area contributed by atoms with E-state index in [1.54, 1.807) is 11.3 Å². The number of rotatable bonds is 6. The summed E-state index contributed by atoms with van der Waals surface area (Å²) in [4.78, 5) is 11.8. The number of hydrogen-bond donors (Lipinski definition) is 1. The molecule has 4 aromatic rings. The molecule has 4 rings (SSSR count). The second-order valence-corrected chi connectivity index (χ2v) is 9.06. The SMILES string of the molecule is COC(=O)C[C@](C)(N)c1ccc2sc3ccc(C#CCOCc4ccccc4)cc3c2c1. The van der Waals surface area contributed by atoms with Crippen molar-refractivity contribution in [1.82, 2.24) is 0 Å². The number of thiophene rings is 1. The molecule has 0 aliphatic heterocycles. The van der Waals surface area contributed by atoms with Crippen LogP contribution in [-0.4, -0.2) is 19.7 Å². The number of carbonyl (C=O) groups is 1. The van der Waals surface area contributed by atoms with Gasteiger partial charge in [0.05, 0.1) is 20.1 Å². The van der Waals surface area contributed by atoms with Crippen LogP contribution in [-0.2, 0) is 26.4 Å². The lowest BCUT2D eigenvalue weighted by atomic mass is 9.89. The molecule has 5 heteroatoms. The third-order valence-electron chi connectivity index (χ3n) is 5.39. The third kappa shape index (κ3) is 5.00. The minimum absolute atomic E-state index is 0.122. The number of fused-ring (bicyclic) bond motifs is 3. The standard InChI is InChI=1S/C27H25NO3S/c1-27(28,17-26(29)30-2)21-11-13-25-23(16-21)22-15-19(10-12-24(22)32-25)9-6-14-31-18-20-7-4-3-5-8-20/h3-5,7-8,10-13,15-16H,14,17-18,28H2,1-2H3/t27-/m0/s1. The molecule has 0 aliphatic rings. The molecule has 3 aromatic carbocycles. The van der Waals surface area contributed by atoms with Crippen LogP contribution < -0.4 is 5.73 Å². The van der Waals surface area contributed by atoms with Gasteiger partial charge in [0.1, 0.15) is 6.61 Å². The van der Waals surface area contributed by atoms with Crippen molar-refractivity contribution < 1.29 is 14.3 Å². The number of carbonyl (C=O) groups excluding carboxylic acids is 1. The summed E-state index contributed by atoms with van der Waals surface area (Å²) >= 11 is 1.73. The molecule has 0 bridgehead atoms. The average molecular weight is 444 g/mol. The van der Waals surface area contributed by atoms with Crippen molar-refractivity contribution in [3.8, 4) is 11.8 Å². The summed E-state index contributed by atoms with van der Waals surface area (Å²) in [6.07, 6.45) is 0.122. The molecular formula is C27H25NO3S. The predicted octanol–water partition coefficient (Wildman–Crippen LogP) is 5.36. The molecule has 1 aromatic heterocycles. The highest BCUT2D eigenvalue weighted by Gasteiger charge is 2.26. The van der Waals surface area contributed by atoms with E-state index in [4.69, 9.17) is 15.2 Å². The van der Waals surface area contributed by atoms with Crippen LogP contribution in [0, 0.1) is 11.8 Å². The summed E-state index contributed by atoms with van der Waals surface area (Å²) in [6.45, 7) is 2.78. The molecule has 1 heterocycles. The van der Waals surface area contributed by atoms with Gasteiger partial charge in [0.2, 0.25) is 0 Å². The van der Waals surface area contributed by atoms with Gasteiger partial charge in [0, 0.05) is 31.3 Å². The fraction of sp³-hybridized carbons (Fsp3) is 0.222. The van der Waals surface area contributed by atoms with E-state index in [-0.39, 0.29) is 12.4 Å². The van der Waals surface area contributed by atoms with Gasteiger partial charge >= 0.3 is 5.97 Å². The summed E-state index contributed by atoms with van der Waals surface area (Å²) in [5, 5.41) is 2.26. The zero-order valence-electron chi connectivity index (χ0n) is 18.2. The number of hydrogen-bond acceptors (Lipinski definition) is 5. The van der Waals surface area contributed by atoms with Crippen LogP contribution in [0.15, 0.2) is 66.7 Å². The van der Waals surface area contributed by atoms with E-state index in [0.29, 0.717) is 13.2 Å². The first-order chi connectivity index (χ1) is 15.5. The van der Waals surface area contributed by atoms with Crippen LogP contribution in [0.3, 0.4) is 0 Å². The summed E-state index contributed by atoms with van der Waals surface area (Å²) in [7, 11) is 1.38. The molecule has 0 saturated carbocycles. The van der Waals surface area contributed by atoms with Crippen molar-refractivity contribution in [2.45, 2.75) is 25.5 Å². The lowest BCUT2D eigenvalue weighted by Crippen LogP contribution is -2.35. The van der Waals surface area contributed by atoms with Crippen molar-refractivity contribution in [2.24, 2.45) is 5.73 Å². The highest BCUT2D eigenvalue weighted by Crippen LogP contribution is 2.36. The van der Waals surface area contributed by atoms with E-state index < -0.39 is 5.54 Å². The Morgan fingerprint density at radius 1 is 1.03 bits per heavy atom. The number of esters is 1. The fourth-order valence-electron chi connectivity index (χ4n) is 3.62. The molecule has 4 nitrogen and oxygen atoms in total. The first kappa shape index (κ1) is 22.0. The Bertz CT molecular complexity index is 1310. The number of nitrogens with two attached hydrogens (primary N) is 1. The quantitative estimate of drug-likeness (QED) is 0.248. The Balaban J connectivity index is 1.55. The molecule has 0 spiro atoms. The Labute approximate surface area is 192 Å². The maximum absolute atomic E-state index is 11.8. The van der Waals surface area contributed by atoms with E-state index >= 15 is 0 Å². The topological polar surface area (TPSA) is 61.5 Å². The Morgan fingerprint density at radius 2 is 1.75 bits per heavy atom. The van der Waals surface area contributed by atoms with Crippen molar-refractivity contribution in [2.75, 3.05) is 13.7 Å². The molecular weight excluding hydrogens is 418 g/mol. The number of methoxy groups -OCH3 is 1. The lowest BCUT2D eigenvalue weighted by molar-refractivity contribution is -0.141. The second kappa shape index (κ2) is 9.54. The Hall–Kier alpha value is -3.17. The molecule has 162 valence electrons. The zero-order chi connectivity index (χ0) is 22.6. The van der Waals surface area contributed by atoms with Crippen LogP contribution in [0.25, 0.3) is 20.2 Å². The maximum atomic E-state index is 11.8. The van der Waals surface area contributed by atoms with Gasteiger partial charge in [-0.1, -0.05) is 48.2 Å². The average Bonchev–Trinajstić information content (AvgIpc) is 3.16. The van der Waals surface area contributed by atoms with Crippen LogP contribution in [0.5, 0.6) is 0 Å². The smallest absolute Gasteiger partial charge is 0.307 e. The van der Waals surface area contributed by atoms with Gasteiger partial charge in [-0.05, 0) is 48.4 Å². The number of benzene rings is 3. The molecule has 0 unspecified atom stereocenters. The fourth-order valence-corrected chi connectivity index (χ4v) is 4.68. The minimum Gasteiger partial charge on any atom is -0.469 e. The highest BCUT2D eigenvalue weighted by molar-refractivity contribution is 7.25. The summed E-state index contributed by atoms with van der Waals surface area (Å²) in [6, 6.07) is 22.4. The lowest BCUT2D eigenvalue weighted by Gasteiger charge is -2.24. The first-order valence-electron chi connectivity index (χ1n) is 10.4. The van der Waals surface area contributed by atoms with E-state index in [1.807, 2.05) is 49.4 Å². The van der Waals surface area contributed by atoms with Crippen LogP contribution in [0.2, 0.25) is 0 Å². The van der Waals surface area contributed by atoms with Crippen LogP contribution >= 0.6 is 11.3 Å². The van der Waals surface area contributed by atoms with E-state index in [1.165, 1.54) is 16.5 Å². The maximum Gasteiger partial charge on any atom is 0.307 e. The molecule has 0 saturated heterocycles. The van der Waals surface area contributed by atoms with E-state index in [0.717, 1.165) is 27.5 Å². The summed E-state index contributed by atoms with van der Waals surface area (Å²) in [5.41, 5.74) is 8.63. The van der Waals surface area contributed by atoms with Gasteiger partial charge in [-0.15, -0.1) is 11.3 Å². The van der Waals surface area contributed by atoms with Gasteiger partial charge in [0.25, 0.3) is 0 Å². The van der Waals surface area contributed by atoms with Gasteiger partial charge < -0.3 is 15.2 Å². The van der Waals surface area contributed by atoms with Gasteiger partial charge in [-0.2, -0.15) is 0 Å². The van der Waals surface area contributed by atoms with Gasteiger partial charge in [0.15, 0.2) is 0 Å². The van der Waals surface area contributed by atoms with Gasteiger partial charge in [-0.3, -0.25) is 4.79 Å². The Morgan fingerprint density at radius 3 is 2.50 bits per heavy atom. The van der Waals surface area contributed by atoms with Gasteiger partial charge in [-0.25, -0.2) is 0 Å². The van der Waals surface area contributed by atoms with Crippen molar-refractivity contribution in [1.29, 1.82) is 0 Å². The van der Waals surface area contributed by atoms with Crippen LogP contribution in [0.1, 0.15) is 30.0 Å². The number of ether oxygens (including phenoxy) is 2. The normalized spacial score (nSPS) is 12.8. The molecule has 32 heavy (non-hydrogen) atoms. The largest absolute Gasteiger partial charge is 0.469 e. The molecule has 0 radical (unpaired) electrons. The van der Waals surface area contributed by atoms with E-state index in [9.17, 15) is 4.79 Å². The second-order valence-electron chi connectivity index (χ2n) is 7.97. The monoisotopic (exact) mass is 443 g/mol. The third-order valence-corrected chi connectivity index (χ3v) is 6.54. The highest BCUT2D eigenvalue weighted by atomic mass is 32.1. The molecule has 0 fully saturated rings. The van der Waals surface area contributed by atoms with Crippen molar-refractivity contribution in [3.63, 3.8) is 0 Å². The molecule has 1 atom stereocenters. The summed E-state index contributed by atoms with van der Waals surface area (Å²) in [5.74, 6) is 5.98. The van der Waals surface area contributed by atoms with E-state index in [2.05, 4.69) is 36.1 Å². The molecule has 0 amide bonds. The zero-order valence-corrected chi connectivity index (χ0v) is 19.0. The summed E-state index contributed by atoms with van der Waals surface area (Å²) < 4.78 is 12.8. The van der Waals surface area contributed by atoms with Crippen LogP contribution in [0.4, 0.5) is 0 Å². The van der Waals surface area contributed by atoms with Crippen molar-refractivity contribution in [3.05, 3.63) is 83.4 Å². The Kier molecular flexibility index (Phi) is 6.57. The minimum atomic E-state index is -0.803. The van der Waals surface area contributed by atoms with Crippen molar-refractivity contribution >= 4 is 37.5 Å². The molecule has 2 N–H and O–H groups in total. The predicted molar refractivity (Wildman–Crippen MR) is 130 cm³/mol. The first-order valence-corrected chi connectivity index (χ1v) is 11.2.